The van der Waals surface area contributed by atoms with Gasteiger partial charge in [0.15, 0.2) is 0 Å². The van der Waals surface area contributed by atoms with Gasteiger partial charge in [-0.25, -0.2) is 17.9 Å². The fourth-order valence-electron chi connectivity index (χ4n) is 2.13. The van der Waals surface area contributed by atoms with Gasteiger partial charge >= 0.3 is 0 Å². The van der Waals surface area contributed by atoms with Gasteiger partial charge in [-0.05, 0) is 48.7 Å². The summed E-state index contributed by atoms with van der Waals surface area (Å²) in [6, 6.07) is 10.3. The van der Waals surface area contributed by atoms with E-state index in [9.17, 15) is 17.6 Å². The molecule has 0 spiro atoms. The van der Waals surface area contributed by atoms with Gasteiger partial charge in [-0.2, -0.15) is 0 Å². The molecule has 0 aliphatic rings. The highest BCUT2D eigenvalue weighted by molar-refractivity contribution is 7.89. The Morgan fingerprint density at radius 1 is 1.22 bits per heavy atom. The van der Waals surface area contributed by atoms with E-state index in [-0.39, 0.29) is 16.3 Å². The summed E-state index contributed by atoms with van der Waals surface area (Å²) in [6.45, 7) is 2.01. The Morgan fingerprint density at radius 3 is 2.61 bits per heavy atom. The first kappa shape index (κ1) is 17.1. The van der Waals surface area contributed by atoms with Crippen LogP contribution in [0.1, 0.15) is 21.5 Å². The second-order valence-electron chi connectivity index (χ2n) is 5.16. The molecule has 0 saturated carbocycles. The van der Waals surface area contributed by atoms with Gasteiger partial charge in [-0.3, -0.25) is 4.79 Å². The van der Waals surface area contributed by atoms with Crippen LogP contribution in [0.2, 0.25) is 0 Å². The molecule has 2 aromatic rings. The van der Waals surface area contributed by atoms with E-state index in [0.717, 1.165) is 5.56 Å². The minimum Gasteiger partial charge on any atom is -0.352 e. The lowest BCUT2D eigenvalue weighted by Crippen LogP contribution is -2.27. The number of aryl methyl sites for hydroxylation is 1. The van der Waals surface area contributed by atoms with Gasteiger partial charge in [0, 0.05) is 12.1 Å². The number of rotatable bonds is 5. The number of carbonyl (C=O) groups is 1. The van der Waals surface area contributed by atoms with Crippen LogP contribution in [0, 0.1) is 12.7 Å². The summed E-state index contributed by atoms with van der Waals surface area (Å²) in [6.07, 6.45) is 0.470. The van der Waals surface area contributed by atoms with Gasteiger partial charge in [0.25, 0.3) is 5.91 Å². The van der Waals surface area contributed by atoms with E-state index in [2.05, 4.69) is 5.32 Å². The van der Waals surface area contributed by atoms with Gasteiger partial charge in [0.1, 0.15) is 5.82 Å². The quantitative estimate of drug-likeness (QED) is 0.872. The zero-order chi connectivity index (χ0) is 17.0. The smallest absolute Gasteiger partial charge is 0.251 e. The summed E-state index contributed by atoms with van der Waals surface area (Å²) in [5.41, 5.74) is 1.65. The molecule has 0 aromatic heterocycles. The Balaban J connectivity index is 2.06. The van der Waals surface area contributed by atoms with E-state index in [4.69, 9.17) is 5.14 Å². The highest BCUT2D eigenvalue weighted by Gasteiger charge is 2.14. The van der Waals surface area contributed by atoms with E-state index in [1.54, 1.807) is 19.1 Å². The average Bonchev–Trinajstić information content (AvgIpc) is 2.46. The maximum atomic E-state index is 13.1. The molecule has 0 aliphatic heterocycles. The molecule has 5 nitrogen and oxygen atoms in total. The fraction of sp³-hybridized carbons (Fsp3) is 0.188. The first-order chi connectivity index (χ1) is 10.8. The van der Waals surface area contributed by atoms with Gasteiger partial charge in [0.05, 0.1) is 4.90 Å². The zero-order valence-corrected chi connectivity index (χ0v) is 13.4. The van der Waals surface area contributed by atoms with Crippen molar-refractivity contribution in [3.8, 4) is 0 Å². The van der Waals surface area contributed by atoms with E-state index >= 15 is 0 Å². The molecule has 0 unspecified atom stereocenters. The van der Waals surface area contributed by atoms with Crippen LogP contribution in [0.3, 0.4) is 0 Å². The van der Waals surface area contributed by atoms with Gasteiger partial charge in [-0.15, -0.1) is 0 Å². The number of sulfonamides is 1. The largest absolute Gasteiger partial charge is 0.352 e. The molecule has 2 rings (SSSR count). The van der Waals surface area contributed by atoms with Crippen molar-refractivity contribution >= 4 is 15.9 Å². The number of hydrogen-bond acceptors (Lipinski definition) is 3. The lowest BCUT2D eigenvalue weighted by atomic mass is 10.1. The minimum atomic E-state index is -3.87. The molecule has 1 amide bonds. The third-order valence-electron chi connectivity index (χ3n) is 3.37. The highest BCUT2D eigenvalue weighted by atomic mass is 32.2. The number of carbonyl (C=O) groups excluding carboxylic acids is 1. The van der Waals surface area contributed by atoms with Crippen molar-refractivity contribution in [3.63, 3.8) is 0 Å². The molecule has 0 bridgehead atoms. The maximum absolute atomic E-state index is 13.1. The Bertz CT molecular complexity index is 835. The third kappa shape index (κ3) is 4.61. The van der Waals surface area contributed by atoms with Crippen molar-refractivity contribution in [3.05, 3.63) is 65.0 Å². The van der Waals surface area contributed by atoms with E-state index in [1.807, 2.05) is 0 Å². The number of primary sulfonamides is 1. The number of nitrogens with one attached hydrogen (secondary N) is 1. The number of hydrogen-bond donors (Lipinski definition) is 2. The fourth-order valence-corrected chi connectivity index (χ4v) is 2.67. The van der Waals surface area contributed by atoms with Crippen LogP contribution >= 0.6 is 0 Å². The Labute approximate surface area is 134 Å². The predicted molar refractivity (Wildman–Crippen MR) is 85.0 cm³/mol. The second-order valence-corrected chi connectivity index (χ2v) is 6.72. The molecule has 2 aromatic carbocycles. The molecule has 0 radical (unpaired) electrons. The normalized spacial score (nSPS) is 11.3. The van der Waals surface area contributed by atoms with Crippen molar-refractivity contribution in [2.24, 2.45) is 5.14 Å². The van der Waals surface area contributed by atoms with Crippen LogP contribution in [0.25, 0.3) is 0 Å². The van der Waals surface area contributed by atoms with Crippen molar-refractivity contribution in [1.29, 1.82) is 0 Å². The number of halogens is 1. The van der Waals surface area contributed by atoms with Crippen LogP contribution < -0.4 is 10.5 Å². The standard InChI is InChI=1S/C16H17FN2O3S/c1-11-5-6-14(23(18,21)22)10-15(11)16(20)19-8-7-12-3-2-4-13(17)9-12/h2-6,9-10H,7-8H2,1H3,(H,19,20)(H2,18,21,22). The Hall–Kier alpha value is -2.25. The summed E-state index contributed by atoms with van der Waals surface area (Å²) in [5.74, 6) is -0.727. The van der Waals surface area contributed by atoms with Crippen LogP contribution in [0.4, 0.5) is 4.39 Å². The van der Waals surface area contributed by atoms with E-state index in [0.29, 0.717) is 18.5 Å². The summed E-state index contributed by atoms with van der Waals surface area (Å²) in [5, 5.41) is 7.76. The van der Waals surface area contributed by atoms with Gasteiger partial charge in [-0.1, -0.05) is 18.2 Å². The molecule has 0 aliphatic carbocycles. The molecule has 3 N–H and O–H groups in total. The predicted octanol–water partition coefficient (Wildman–Crippen LogP) is 1.75. The van der Waals surface area contributed by atoms with E-state index < -0.39 is 15.9 Å². The highest BCUT2D eigenvalue weighted by Crippen LogP contribution is 2.14. The molecule has 0 atom stereocenters. The van der Waals surface area contributed by atoms with Crippen molar-refractivity contribution < 1.29 is 17.6 Å². The Kier molecular flexibility index (Phi) is 5.12. The van der Waals surface area contributed by atoms with Crippen LogP contribution in [0.5, 0.6) is 0 Å². The van der Waals surface area contributed by atoms with E-state index in [1.165, 1.54) is 30.3 Å². The van der Waals surface area contributed by atoms with Crippen molar-refractivity contribution in [1.82, 2.24) is 5.32 Å². The average molecular weight is 336 g/mol. The molecular formula is C16H17FN2O3S. The molecule has 122 valence electrons. The summed E-state index contributed by atoms with van der Waals surface area (Å²) < 4.78 is 35.8. The molecule has 23 heavy (non-hydrogen) atoms. The first-order valence-electron chi connectivity index (χ1n) is 6.93. The minimum absolute atomic E-state index is 0.113. The molecule has 0 heterocycles. The topological polar surface area (TPSA) is 89.3 Å². The SMILES string of the molecule is Cc1ccc(S(N)(=O)=O)cc1C(=O)NCCc1cccc(F)c1. The number of benzene rings is 2. The molecule has 0 fully saturated rings. The zero-order valence-electron chi connectivity index (χ0n) is 12.5. The van der Waals surface area contributed by atoms with Gasteiger partial charge < -0.3 is 5.32 Å². The molecule has 0 saturated heterocycles. The van der Waals surface area contributed by atoms with Gasteiger partial charge in [0.2, 0.25) is 10.0 Å². The molecule has 7 heteroatoms. The first-order valence-corrected chi connectivity index (χ1v) is 8.48. The Morgan fingerprint density at radius 2 is 1.96 bits per heavy atom. The van der Waals surface area contributed by atoms with Crippen LogP contribution in [-0.4, -0.2) is 20.9 Å². The third-order valence-corrected chi connectivity index (χ3v) is 4.28. The molecular weight excluding hydrogens is 319 g/mol. The van der Waals surface area contributed by atoms with Crippen LogP contribution in [0.15, 0.2) is 47.4 Å². The second kappa shape index (κ2) is 6.89. The maximum Gasteiger partial charge on any atom is 0.251 e. The van der Waals surface area contributed by atoms with Crippen LogP contribution in [-0.2, 0) is 16.4 Å². The van der Waals surface area contributed by atoms with Crippen molar-refractivity contribution in [2.75, 3.05) is 6.54 Å². The number of nitrogens with two attached hydrogens (primary N) is 1. The summed E-state index contributed by atoms with van der Waals surface area (Å²) in [7, 11) is -3.87. The lowest BCUT2D eigenvalue weighted by Gasteiger charge is -2.09. The van der Waals surface area contributed by atoms with Crippen molar-refractivity contribution in [2.45, 2.75) is 18.2 Å². The lowest BCUT2D eigenvalue weighted by molar-refractivity contribution is 0.0953. The number of amides is 1. The summed E-state index contributed by atoms with van der Waals surface area (Å²) >= 11 is 0. The monoisotopic (exact) mass is 336 g/mol. The summed E-state index contributed by atoms with van der Waals surface area (Å²) in [4.78, 5) is 12.1.